The van der Waals surface area contributed by atoms with Gasteiger partial charge in [-0.15, -0.1) is 0 Å². The number of ether oxygens (including phenoxy) is 2. The lowest BCUT2D eigenvalue weighted by molar-refractivity contribution is -0.139. The van der Waals surface area contributed by atoms with Gasteiger partial charge in [0.25, 0.3) is 0 Å². The molecule has 1 saturated heterocycles. The quantitative estimate of drug-likeness (QED) is 0.384. The van der Waals surface area contributed by atoms with Gasteiger partial charge >= 0.3 is 12.1 Å². The molecule has 0 radical (unpaired) electrons. The molecule has 0 saturated carbocycles. The van der Waals surface area contributed by atoms with Crippen LogP contribution in [-0.2, 0) is 20.7 Å². The van der Waals surface area contributed by atoms with E-state index in [-0.39, 0.29) is 24.3 Å². The molecule has 0 aromatic heterocycles. The lowest BCUT2D eigenvalue weighted by Crippen LogP contribution is -2.27. The van der Waals surface area contributed by atoms with Gasteiger partial charge in [0.15, 0.2) is 0 Å². The summed E-state index contributed by atoms with van der Waals surface area (Å²) in [6.07, 6.45) is -0.528. The van der Waals surface area contributed by atoms with Crippen LogP contribution in [0.2, 0.25) is 0 Å². The molecule has 1 amide bonds. The van der Waals surface area contributed by atoms with E-state index in [9.17, 15) is 9.59 Å². The third-order valence-corrected chi connectivity index (χ3v) is 4.40. The van der Waals surface area contributed by atoms with Crippen molar-refractivity contribution >= 4 is 29.3 Å². The maximum absolute atomic E-state index is 12.2. The smallest absolute Gasteiger partial charge is 0.414 e. The molecule has 8 nitrogen and oxygen atoms in total. The average Bonchev–Trinajstić information content (AvgIpc) is 3.07. The molecule has 1 fully saturated rings. The number of esters is 1. The number of anilines is 2. The van der Waals surface area contributed by atoms with E-state index in [4.69, 9.17) is 15.9 Å². The number of methoxy groups -OCH3 is 1. The average molecular weight is 382 g/mol. The van der Waals surface area contributed by atoms with Crippen molar-refractivity contribution in [2.45, 2.75) is 12.5 Å². The topological polar surface area (TPSA) is 118 Å². The second-order valence-electron chi connectivity index (χ2n) is 6.41. The monoisotopic (exact) mass is 382 g/mol. The molecule has 2 aromatic rings. The number of amides is 1. The summed E-state index contributed by atoms with van der Waals surface area (Å²) in [6.45, 7) is 0.850. The summed E-state index contributed by atoms with van der Waals surface area (Å²) >= 11 is 0. The first-order valence-corrected chi connectivity index (χ1v) is 8.78. The first-order valence-electron chi connectivity index (χ1n) is 8.78. The van der Waals surface area contributed by atoms with Crippen molar-refractivity contribution in [3.63, 3.8) is 0 Å². The van der Waals surface area contributed by atoms with Crippen molar-refractivity contribution in [3.05, 3.63) is 59.7 Å². The number of nitrogens with one attached hydrogen (secondary N) is 2. The number of rotatable bonds is 7. The highest BCUT2D eigenvalue weighted by molar-refractivity contribution is 5.96. The zero-order valence-electron chi connectivity index (χ0n) is 15.5. The highest BCUT2D eigenvalue weighted by atomic mass is 16.6. The Hall–Kier alpha value is -3.55. The van der Waals surface area contributed by atoms with Gasteiger partial charge in [0.1, 0.15) is 11.9 Å². The van der Waals surface area contributed by atoms with Gasteiger partial charge in [-0.05, 0) is 42.0 Å². The van der Waals surface area contributed by atoms with Gasteiger partial charge in [0, 0.05) is 16.9 Å². The van der Waals surface area contributed by atoms with Crippen molar-refractivity contribution in [2.75, 3.05) is 30.4 Å². The van der Waals surface area contributed by atoms with Crippen molar-refractivity contribution < 1.29 is 19.1 Å². The Morgan fingerprint density at radius 2 is 2.07 bits per heavy atom. The van der Waals surface area contributed by atoms with Crippen LogP contribution in [0.15, 0.2) is 48.5 Å². The van der Waals surface area contributed by atoms with Crippen LogP contribution in [0.3, 0.4) is 0 Å². The largest absolute Gasteiger partial charge is 0.469 e. The summed E-state index contributed by atoms with van der Waals surface area (Å²) < 4.78 is 10.1. The predicted octanol–water partition coefficient (Wildman–Crippen LogP) is 2.12. The lowest BCUT2D eigenvalue weighted by Gasteiger charge is -2.14. The fourth-order valence-electron chi connectivity index (χ4n) is 2.92. The Kier molecular flexibility index (Phi) is 5.78. The van der Waals surface area contributed by atoms with E-state index in [0.29, 0.717) is 24.3 Å². The Bertz CT molecular complexity index is 882. The summed E-state index contributed by atoms with van der Waals surface area (Å²) in [6, 6.07) is 14.3. The minimum Gasteiger partial charge on any atom is -0.469 e. The number of amidine groups is 1. The van der Waals surface area contributed by atoms with Crippen LogP contribution in [0.25, 0.3) is 0 Å². The van der Waals surface area contributed by atoms with E-state index in [2.05, 4.69) is 10.1 Å². The number of nitrogens with zero attached hydrogens (tertiary/aromatic N) is 1. The predicted molar refractivity (Wildman–Crippen MR) is 106 cm³/mol. The molecule has 1 unspecified atom stereocenters. The second-order valence-corrected chi connectivity index (χ2v) is 6.41. The normalized spacial score (nSPS) is 15.8. The fraction of sp³-hybridized carbons (Fsp3) is 0.250. The second kappa shape index (κ2) is 8.43. The molecule has 146 valence electrons. The van der Waals surface area contributed by atoms with Crippen LogP contribution in [0, 0.1) is 5.41 Å². The number of benzene rings is 2. The zero-order valence-corrected chi connectivity index (χ0v) is 15.5. The molecule has 2 aromatic carbocycles. The third-order valence-electron chi connectivity index (χ3n) is 4.40. The van der Waals surface area contributed by atoms with E-state index in [1.54, 1.807) is 29.2 Å². The minimum atomic E-state index is -0.415. The van der Waals surface area contributed by atoms with Gasteiger partial charge in [-0.2, -0.15) is 0 Å². The first-order chi connectivity index (χ1) is 13.5. The first kappa shape index (κ1) is 19.2. The highest BCUT2D eigenvalue weighted by Gasteiger charge is 2.32. The fourth-order valence-corrected chi connectivity index (χ4v) is 2.92. The van der Waals surface area contributed by atoms with Gasteiger partial charge in [0.2, 0.25) is 0 Å². The van der Waals surface area contributed by atoms with E-state index in [0.717, 1.165) is 11.3 Å². The molecule has 0 spiro atoms. The van der Waals surface area contributed by atoms with Gasteiger partial charge in [-0.25, -0.2) is 4.79 Å². The minimum absolute atomic E-state index is 0.0212. The Morgan fingerprint density at radius 3 is 2.75 bits per heavy atom. The molecular formula is C20H22N4O4. The van der Waals surface area contributed by atoms with Crippen molar-refractivity contribution in [3.8, 4) is 0 Å². The zero-order chi connectivity index (χ0) is 20.1. The van der Waals surface area contributed by atoms with Crippen LogP contribution >= 0.6 is 0 Å². The third kappa shape index (κ3) is 4.59. The Morgan fingerprint density at radius 1 is 1.32 bits per heavy atom. The molecule has 8 heteroatoms. The standard InChI is InChI=1S/C20H22N4O4/c1-27-18(25)10-13-3-2-4-15(9-13)23-11-17-12-24(20(26)28-17)16-7-5-14(6-8-16)19(21)22/h2-9,17,23H,10-12H2,1H3,(H3,21,22). The molecule has 1 aliphatic rings. The van der Waals surface area contributed by atoms with Crippen LogP contribution < -0.4 is 16.0 Å². The number of nitrogens with two attached hydrogens (primary N) is 1. The van der Waals surface area contributed by atoms with Crippen LogP contribution in [0.4, 0.5) is 16.2 Å². The molecule has 0 aliphatic carbocycles. The molecule has 0 bridgehead atoms. The van der Waals surface area contributed by atoms with E-state index < -0.39 is 6.09 Å². The molecule has 3 rings (SSSR count). The maximum Gasteiger partial charge on any atom is 0.414 e. The van der Waals surface area contributed by atoms with Gasteiger partial charge in [-0.3, -0.25) is 15.1 Å². The summed E-state index contributed by atoms with van der Waals surface area (Å²) in [7, 11) is 1.36. The molecule has 1 atom stereocenters. The number of cyclic esters (lactones) is 1. The van der Waals surface area contributed by atoms with Crippen LogP contribution in [0.5, 0.6) is 0 Å². The number of nitrogen functional groups attached to an aromatic ring is 1. The number of hydrogen-bond donors (Lipinski definition) is 3. The van der Waals surface area contributed by atoms with Crippen LogP contribution in [0.1, 0.15) is 11.1 Å². The van der Waals surface area contributed by atoms with Gasteiger partial charge < -0.3 is 20.5 Å². The highest BCUT2D eigenvalue weighted by Crippen LogP contribution is 2.22. The number of hydrogen-bond acceptors (Lipinski definition) is 6. The molecule has 4 N–H and O–H groups in total. The van der Waals surface area contributed by atoms with E-state index in [1.165, 1.54) is 7.11 Å². The summed E-state index contributed by atoms with van der Waals surface area (Å²) in [5.41, 5.74) is 8.42. The van der Waals surface area contributed by atoms with Gasteiger partial charge in [0.05, 0.1) is 26.6 Å². The Balaban J connectivity index is 1.58. The summed E-state index contributed by atoms with van der Waals surface area (Å²) in [4.78, 5) is 25.1. The summed E-state index contributed by atoms with van der Waals surface area (Å²) in [5, 5.41) is 10.7. The van der Waals surface area contributed by atoms with E-state index in [1.807, 2.05) is 24.3 Å². The molecule has 1 heterocycles. The van der Waals surface area contributed by atoms with Crippen molar-refractivity contribution in [2.24, 2.45) is 5.73 Å². The maximum atomic E-state index is 12.2. The molecule has 1 aliphatic heterocycles. The Labute approximate surface area is 162 Å². The molecular weight excluding hydrogens is 360 g/mol. The van der Waals surface area contributed by atoms with Gasteiger partial charge in [-0.1, -0.05) is 12.1 Å². The number of carbonyl (C=O) groups is 2. The molecule has 28 heavy (non-hydrogen) atoms. The van der Waals surface area contributed by atoms with E-state index >= 15 is 0 Å². The van der Waals surface area contributed by atoms with Crippen molar-refractivity contribution in [1.29, 1.82) is 5.41 Å². The number of carbonyl (C=O) groups excluding carboxylic acids is 2. The van der Waals surface area contributed by atoms with Crippen LogP contribution in [-0.4, -0.2) is 44.2 Å². The lowest BCUT2D eigenvalue weighted by atomic mass is 10.1. The van der Waals surface area contributed by atoms with Crippen molar-refractivity contribution in [1.82, 2.24) is 0 Å². The SMILES string of the molecule is COC(=O)Cc1cccc(NCC2CN(c3ccc(C(=N)N)cc3)C(=O)O2)c1. The summed E-state index contributed by atoms with van der Waals surface area (Å²) in [5.74, 6) is -0.319.